The highest BCUT2D eigenvalue weighted by Gasteiger charge is 2.50. The first-order valence-corrected chi connectivity index (χ1v) is 13.4. The maximum atomic E-state index is 12.4. The Kier molecular flexibility index (Phi) is 6.52. The van der Waals surface area contributed by atoms with Crippen LogP contribution in [0.3, 0.4) is 0 Å². The average Bonchev–Trinajstić information content (AvgIpc) is 2.86. The van der Waals surface area contributed by atoms with Gasteiger partial charge in [-0.1, -0.05) is 30.3 Å². The molecule has 4 rings (SSSR count). The third-order valence-corrected chi connectivity index (χ3v) is 10.9. The molecule has 4 aromatic rings. The Balaban J connectivity index is 2.18. The summed E-state index contributed by atoms with van der Waals surface area (Å²) in [5, 5.41) is 3.21. The molecule has 33 heavy (non-hydrogen) atoms. The van der Waals surface area contributed by atoms with Crippen molar-refractivity contribution in [3.8, 4) is 11.5 Å². The minimum absolute atomic E-state index is 0.214. The molecule has 7 heteroatoms. The highest BCUT2D eigenvalue weighted by Crippen LogP contribution is 2.55. The summed E-state index contributed by atoms with van der Waals surface area (Å²) >= 11 is 0. The zero-order chi connectivity index (χ0) is 23.5. The summed E-state index contributed by atoms with van der Waals surface area (Å²) in [6, 6.07) is 31.4. The van der Waals surface area contributed by atoms with E-state index in [1.165, 1.54) is 6.07 Å². The Morgan fingerprint density at radius 1 is 0.606 bits per heavy atom. The third kappa shape index (κ3) is 4.25. The van der Waals surface area contributed by atoms with Gasteiger partial charge in [0.1, 0.15) is 50.1 Å². The lowest BCUT2D eigenvalue weighted by atomic mass is 10.3. The van der Waals surface area contributed by atoms with Crippen LogP contribution in [-0.2, 0) is 10.1 Å². The second kappa shape index (κ2) is 9.36. The van der Waals surface area contributed by atoms with Gasteiger partial charge in [-0.25, -0.2) is 8.42 Å². The summed E-state index contributed by atoms with van der Waals surface area (Å²) in [4.78, 5) is -0.214. The fourth-order valence-corrected chi connectivity index (χ4v) is 9.64. The molecule has 5 nitrogen and oxygen atoms in total. The van der Waals surface area contributed by atoms with Gasteiger partial charge in [0.25, 0.3) is 0 Å². The van der Waals surface area contributed by atoms with Crippen LogP contribution in [0.15, 0.2) is 108 Å². The first kappa shape index (κ1) is 23.0. The Labute approximate surface area is 194 Å². The summed E-state index contributed by atoms with van der Waals surface area (Å²) in [5.74, 6) is 1.37. The van der Waals surface area contributed by atoms with E-state index in [0.717, 1.165) is 15.9 Å². The second-order valence-electron chi connectivity index (χ2n) is 7.32. The van der Waals surface area contributed by atoms with Crippen LogP contribution < -0.4 is 30.7 Å². The van der Waals surface area contributed by atoms with Gasteiger partial charge in [-0.2, -0.15) is 0 Å². The predicted octanol–water partition coefficient (Wildman–Crippen LogP) is 3.23. The topological polar surface area (TPSA) is 75.7 Å². The molecule has 0 unspecified atom stereocenters. The van der Waals surface area contributed by atoms with Crippen LogP contribution >= 0.6 is 7.26 Å². The minimum Gasteiger partial charge on any atom is -0.744 e. The second-order valence-corrected chi connectivity index (χ2v) is 12.0. The van der Waals surface area contributed by atoms with Gasteiger partial charge in [0.15, 0.2) is 0 Å². The summed E-state index contributed by atoms with van der Waals surface area (Å²) in [6.07, 6.45) is 0. The van der Waals surface area contributed by atoms with E-state index in [4.69, 9.17) is 9.47 Å². The van der Waals surface area contributed by atoms with Crippen LogP contribution in [0.5, 0.6) is 11.5 Å². The fraction of sp³-hybridized carbons (Fsp3) is 0.0769. The van der Waals surface area contributed by atoms with Gasteiger partial charge in [0, 0.05) is 0 Å². The van der Waals surface area contributed by atoms with Gasteiger partial charge < -0.3 is 14.0 Å². The van der Waals surface area contributed by atoms with E-state index in [1.807, 2.05) is 78.9 Å². The van der Waals surface area contributed by atoms with Gasteiger partial charge in [0.2, 0.25) is 0 Å². The van der Waals surface area contributed by atoms with Crippen LogP contribution in [0.4, 0.5) is 0 Å². The third-order valence-electron chi connectivity index (χ3n) is 5.56. The molecule has 4 aromatic carbocycles. The molecule has 0 aliphatic rings. The van der Waals surface area contributed by atoms with Crippen molar-refractivity contribution in [2.75, 3.05) is 14.2 Å². The molecule has 0 fully saturated rings. The molecular weight excluding hydrogens is 455 g/mol. The van der Waals surface area contributed by atoms with E-state index in [-0.39, 0.29) is 4.90 Å². The summed E-state index contributed by atoms with van der Waals surface area (Å²) in [7, 11) is -4.34. The van der Waals surface area contributed by atoms with Crippen molar-refractivity contribution in [3.63, 3.8) is 0 Å². The summed E-state index contributed by atoms with van der Waals surface area (Å²) < 4.78 is 48.0. The fourth-order valence-electron chi connectivity index (χ4n) is 4.07. The van der Waals surface area contributed by atoms with Gasteiger partial charge in [0.05, 0.1) is 19.1 Å². The SMILES string of the molecule is COc1ccc([P+](c2ccccc2)(c2ccc(OC)cc2)c2ccccc2S(=O)(=O)[O-])cc1. The molecule has 0 aliphatic heterocycles. The first-order valence-electron chi connectivity index (χ1n) is 10.2. The number of benzene rings is 4. The molecule has 0 aliphatic carbocycles. The van der Waals surface area contributed by atoms with Crippen LogP contribution in [0, 0.1) is 0 Å². The van der Waals surface area contributed by atoms with E-state index >= 15 is 0 Å². The van der Waals surface area contributed by atoms with Gasteiger partial charge in [-0.05, 0) is 72.8 Å². The minimum atomic E-state index is -4.74. The summed E-state index contributed by atoms with van der Waals surface area (Å²) in [6.45, 7) is 0. The van der Waals surface area contributed by atoms with Crippen molar-refractivity contribution in [2.45, 2.75) is 4.90 Å². The standard InChI is InChI=1S/C26H23O5PS/c1-30-20-12-16-23(17-13-20)32(22-8-4-3-5-9-22,24-18-14-21(31-2)15-19-24)25-10-6-7-11-26(25)33(27,28)29/h3-19H,1-2H3. The molecule has 0 saturated heterocycles. The maximum Gasteiger partial charge on any atom is 0.145 e. The first-order chi connectivity index (χ1) is 15.9. The zero-order valence-corrected chi connectivity index (χ0v) is 19.9. The Hall–Kier alpha value is -3.18. The number of hydrogen-bond acceptors (Lipinski definition) is 5. The van der Waals surface area contributed by atoms with Crippen LogP contribution in [-0.4, -0.2) is 27.2 Å². The molecule has 0 aromatic heterocycles. The molecule has 0 N–H and O–H groups in total. The monoisotopic (exact) mass is 478 g/mol. The van der Waals surface area contributed by atoms with Crippen molar-refractivity contribution in [2.24, 2.45) is 0 Å². The average molecular weight is 479 g/mol. The van der Waals surface area contributed by atoms with Crippen LogP contribution in [0.25, 0.3) is 0 Å². The predicted molar refractivity (Wildman–Crippen MR) is 132 cm³/mol. The van der Waals surface area contributed by atoms with Crippen molar-refractivity contribution in [3.05, 3.63) is 103 Å². The molecule has 0 atom stereocenters. The van der Waals surface area contributed by atoms with Crippen LogP contribution in [0.2, 0.25) is 0 Å². The normalized spacial score (nSPS) is 11.7. The lowest BCUT2D eigenvalue weighted by Gasteiger charge is -2.29. The van der Waals surface area contributed by atoms with Gasteiger partial charge in [-0.3, -0.25) is 0 Å². The van der Waals surface area contributed by atoms with E-state index in [2.05, 4.69) is 0 Å². The van der Waals surface area contributed by atoms with E-state index in [0.29, 0.717) is 16.8 Å². The van der Waals surface area contributed by atoms with Crippen molar-refractivity contribution in [1.82, 2.24) is 0 Å². The smallest absolute Gasteiger partial charge is 0.145 e. The number of hydrogen-bond donors (Lipinski definition) is 0. The summed E-state index contributed by atoms with van der Waals surface area (Å²) in [5.41, 5.74) is 0. The Morgan fingerprint density at radius 2 is 1.03 bits per heavy atom. The maximum absolute atomic E-state index is 12.4. The molecule has 0 saturated carbocycles. The Morgan fingerprint density at radius 3 is 1.48 bits per heavy atom. The molecule has 0 radical (unpaired) electrons. The van der Waals surface area contributed by atoms with Crippen LogP contribution in [0.1, 0.15) is 0 Å². The molecule has 0 bridgehead atoms. The molecule has 0 spiro atoms. The lowest BCUT2D eigenvalue weighted by molar-refractivity contribution is 0.415. The number of methoxy groups -OCH3 is 2. The highest BCUT2D eigenvalue weighted by molar-refractivity contribution is 8.02. The number of ether oxygens (including phenoxy) is 2. The highest BCUT2D eigenvalue weighted by atomic mass is 32.2. The molecule has 0 heterocycles. The lowest BCUT2D eigenvalue weighted by Crippen LogP contribution is -2.40. The van der Waals surface area contributed by atoms with E-state index < -0.39 is 17.4 Å². The van der Waals surface area contributed by atoms with Gasteiger partial charge >= 0.3 is 0 Å². The molecule has 0 amide bonds. The van der Waals surface area contributed by atoms with E-state index in [1.54, 1.807) is 32.4 Å². The van der Waals surface area contributed by atoms with Crippen molar-refractivity contribution in [1.29, 1.82) is 0 Å². The quantitative estimate of drug-likeness (QED) is 0.301. The zero-order valence-electron chi connectivity index (χ0n) is 18.2. The number of rotatable bonds is 7. The molecular formula is C26H23O5PS. The van der Waals surface area contributed by atoms with Crippen molar-refractivity contribution >= 4 is 38.6 Å². The molecule has 168 valence electrons. The van der Waals surface area contributed by atoms with E-state index in [9.17, 15) is 13.0 Å². The largest absolute Gasteiger partial charge is 0.744 e. The van der Waals surface area contributed by atoms with Crippen molar-refractivity contribution < 1.29 is 22.4 Å². The Bertz CT molecular complexity index is 1290. The van der Waals surface area contributed by atoms with Gasteiger partial charge in [-0.15, -0.1) is 0 Å².